The fourth-order valence-electron chi connectivity index (χ4n) is 1.83. The first kappa shape index (κ1) is 14.9. The number of halogens is 2. The van der Waals surface area contributed by atoms with Crippen molar-refractivity contribution in [1.29, 1.82) is 0 Å². The lowest BCUT2D eigenvalue weighted by Gasteiger charge is -2.12. The minimum Gasteiger partial charge on any atom is -0.491 e. The van der Waals surface area contributed by atoms with Crippen molar-refractivity contribution in [2.24, 2.45) is 0 Å². The van der Waals surface area contributed by atoms with Crippen LogP contribution in [0, 0.1) is 0 Å². The molecule has 20 heavy (non-hydrogen) atoms. The molecule has 0 radical (unpaired) electrons. The molecule has 0 aliphatic heterocycles. The molecule has 0 spiro atoms. The van der Waals surface area contributed by atoms with E-state index in [0.717, 1.165) is 11.3 Å². The van der Waals surface area contributed by atoms with Crippen LogP contribution < -0.4 is 10.1 Å². The normalized spacial score (nSPS) is 10.7. The summed E-state index contributed by atoms with van der Waals surface area (Å²) in [6.45, 7) is 3.97. The SMILES string of the molecule is CNc1nc(-c2cccc(OC(C)C)c2)c(Cl)cc1Cl. The van der Waals surface area contributed by atoms with E-state index < -0.39 is 0 Å². The molecule has 0 saturated carbocycles. The second-order valence-corrected chi connectivity index (χ2v) is 5.41. The number of benzene rings is 1. The lowest BCUT2D eigenvalue weighted by Crippen LogP contribution is -2.05. The van der Waals surface area contributed by atoms with Crippen molar-refractivity contribution in [2.45, 2.75) is 20.0 Å². The number of ether oxygens (including phenoxy) is 1. The molecule has 0 amide bonds. The molecule has 0 bridgehead atoms. The van der Waals surface area contributed by atoms with Crippen LogP contribution in [-0.2, 0) is 0 Å². The first-order valence-electron chi connectivity index (χ1n) is 6.32. The summed E-state index contributed by atoms with van der Waals surface area (Å²) in [6, 6.07) is 9.37. The molecule has 0 aliphatic carbocycles. The van der Waals surface area contributed by atoms with Gasteiger partial charge in [-0.3, -0.25) is 0 Å². The highest BCUT2D eigenvalue weighted by Crippen LogP contribution is 2.33. The van der Waals surface area contributed by atoms with E-state index >= 15 is 0 Å². The molecule has 2 aromatic rings. The second kappa shape index (κ2) is 6.33. The number of rotatable bonds is 4. The molecule has 0 unspecified atom stereocenters. The van der Waals surface area contributed by atoms with Crippen molar-refractivity contribution in [1.82, 2.24) is 4.98 Å². The number of nitrogens with one attached hydrogen (secondary N) is 1. The zero-order valence-corrected chi connectivity index (χ0v) is 13.1. The quantitative estimate of drug-likeness (QED) is 0.873. The Morgan fingerprint density at radius 2 is 1.90 bits per heavy atom. The summed E-state index contributed by atoms with van der Waals surface area (Å²) >= 11 is 12.3. The summed E-state index contributed by atoms with van der Waals surface area (Å²) in [7, 11) is 1.77. The van der Waals surface area contributed by atoms with Crippen molar-refractivity contribution >= 4 is 29.0 Å². The van der Waals surface area contributed by atoms with Crippen molar-refractivity contribution in [2.75, 3.05) is 12.4 Å². The number of hydrogen-bond acceptors (Lipinski definition) is 3. The minimum atomic E-state index is 0.117. The van der Waals surface area contributed by atoms with Gasteiger partial charge in [-0.1, -0.05) is 35.3 Å². The van der Waals surface area contributed by atoms with E-state index in [2.05, 4.69) is 10.3 Å². The second-order valence-electron chi connectivity index (χ2n) is 4.59. The molecule has 3 nitrogen and oxygen atoms in total. The fraction of sp³-hybridized carbons (Fsp3) is 0.267. The first-order chi connectivity index (χ1) is 9.51. The molecule has 5 heteroatoms. The molecule has 2 rings (SSSR count). The van der Waals surface area contributed by atoms with E-state index in [1.54, 1.807) is 13.1 Å². The van der Waals surface area contributed by atoms with Crippen molar-refractivity contribution in [3.8, 4) is 17.0 Å². The van der Waals surface area contributed by atoms with E-state index in [1.165, 1.54) is 0 Å². The van der Waals surface area contributed by atoms with Gasteiger partial charge >= 0.3 is 0 Å². The molecule has 0 fully saturated rings. The standard InChI is InChI=1S/C15H16Cl2N2O/c1-9(2)20-11-6-4-5-10(7-11)14-12(16)8-13(17)15(18-3)19-14/h4-9H,1-3H3,(H,18,19). The molecule has 1 aromatic heterocycles. The van der Waals surface area contributed by atoms with Crippen molar-refractivity contribution in [3.63, 3.8) is 0 Å². The molecular formula is C15H16Cl2N2O. The number of nitrogens with zero attached hydrogens (tertiary/aromatic N) is 1. The smallest absolute Gasteiger partial charge is 0.145 e. The fourth-order valence-corrected chi connectivity index (χ4v) is 2.40. The molecule has 0 aliphatic rings. The lowest BCUT2D eigenvalue weighted by atomic mass is 10.1. The average Bonchev–Trinajstić information content (AvgIpc) is 2.38. The summed E-state index contributed by atoms with van der Waals surface area (Å²) in [5, 5.41) is 3.95. The molecule has 1 aromatic carbocycles. The van der Waals surface area contributed by atoms with Crippen LogP contribution in [0.4, 0.5) is 5.82 Å². The molecule has 0 atom stereocenters. The Kier molecular flexibility index (Phi) is 4.73. The summed E-state index contributed by atoms with van der Waals surface area (Å²) in [5.74, 6) is 1.39. The summed E-state index contributed by atoms with van der Waals surface area (Å²) in [5.41, 5.74) is 1.57. The first-order valence-corrected chi connectivity index (χ1v) is 7.07. The molecule has 1 heterocycles. The van der Waals surface area contributed by atoms with Crippen LogP contribution in [0.25, 0.3) is 11.3 Å². The molecular weight excluding hydrogens is 295 g/mol. The summed E-state index contributed by atoms with van der Waals surface area (Å²) in [4.78, 5) is 4.45. The number of anilines is 1. The van der Waals surface area contributed by atoms with Gasteiger partial charge < -0.3 is 10.1 Å². The van der Waals surface area contributed by atoms with Crippen LogP contribution in [0.15, 0.2) is 30.3 Å². The lowest BCUT2D eigenvalue weighted by molar-refractivity contribution is 0.242. The Morgan fingerprint density at radius 1 is 1.15 bits per heavy atom. The number of hydrogen-bond donors (Lipinski definition) is 1. The van der Waals surface area contributed by atoms with E-state index in [1.807, 2.05) is 38.1 Å². The van der Waals surface area contributed by atoms with Crippen LogP contribution in [0.5, 0.6) is 5.75 Å². The van der Waals surface area contributed by atoms with E-state index in [0.29, 0.717) is 21.6 Å². The maximum atomic E-state index is 6.24. The Hall–Kier alpha value is -1.45. The van der Waals surface area contributed by atoms with Gasteiger partial charge in [-0.25, -0.2) is 4.98 Å². The molecule has 1 N–H and O–H groups in total. The van der Waals surface area contributed by atoms with Crippen LogP contribution in [0.2, 0.25) is 10.0 Å². The third-order valence-electron chi connectivity index (χ3n) is 2.65. The Morgan fingerprint density at radius 3 is 2.55 bits per heavy atom. The van der Waals surface area contributed by atoms with E-state index in [4.69, 9.17) is 27.9 Å². The van der Waals surface area contributed by atoms with Crippen LogP contribution in [-0.4, -0.2) is 18.1 Å². The topological polar surface area (TPSA) is 34.2 Å². The van der Waals surface area contributed by atoms with Gasteiger partial charge in [0.05, 0.1) is 21.8 Å². The predicted octanol–water partition coefficient (Wildman–Crippen LogP) is 4.88. The van der Waals surface area contributed by atoms with Gasteiger partial charge in [0.2, 0.25) is 0 Å². The maximum absolute atomic E-state index is 6.24. The Bertz CT molecular complexity index is 615. The zero-order chi connectivity index (χ0) is 14.7. The number of pyridine rings is 1. The predicted molar refractivity (Wildman–Crippen MR) is 85.0 cm³/mol. The van der Waals surface area contributed by atoms with Crippen molar-refractivity contribution in [3.05, 3.63) is 40.4 Å². The third-order valence-corrected chi connectivity index (χ3v) is 3.22. The Labute approximate surface area is 128 Å². The summed E-state index contributed by atoms with van der Waals surface area (Å²) < 4.78 is 5.68. The average molecular weight is 311 g/mol. The van der Waals surface area contributed by atoms with E-state index in [9.17, 15) is 0 Å². The largest absolute Gasteiger partial charge is 0.491 e. The minimum absolute atomic E-state index is 0.117. The van der Waals surface area contributed by atoms with Crippen LogP contribution in [0.3, 0.4) is 0 Å². The molecule has 0 saturated heterocycles. The van der Waals surface area contributed by atoms with Gasteiger partial charge in [0.25, 0.3) is 0 Å². The molecule has 106 valence electrons. The van der Waals surface area contributed by atoms with E-state index in [-0.39, 0.29) is 6.10 Å². The third kappa shape index (κ3) is 3.35. The van der Waals surface area contributed by atoms with Gasteiger partial charge in [0.1, 0.15) is 11.6 Å². The van der Waals surface area contributed by atoms with Crippen LogP contribution >= 0.6 is 23.2 Å². The monoisotopic (exact) mass is 310 g/mol. The van der Waals surface area contributed by atoms with Crippen molar-refractivity contribution < 1.29 is 4.74 Å². The van der Waals surface area contributed by atoms with Gasteiger partial charge in [-0.05, 0) is 32.0 Å². The zero-order valence-electron chi connectivity index (χ0n) is 11.6. The van der Waals surface area contributed by atoms with Gasteiger partial charge in [-0.2, -0.15) is 0 Å². The van der Waals surface area contributed by atoms with Gasteiger partial charge in [0.15, 0.2) is 0 Å². The highest BCUT2D eigenvalue weighted by atomic mass is 35.5. The highest BCUT2D eigenvalue weighted by molar-refractivity contribution is 6.37. The highest BCUT2D eigenvalue weighted by Gasteiger charge is 2.11. The van der Waals surface area contributed by atoms with Gasteiger partial charge in [0, 0.05) is 12.6 Å². The van der Waals surface area contributed by atoms with Gasteiger partial charge in [-0.15, -0.1) is 0 Å². The summed E-state index contributed by atoms with van der Waals surface area (Å²) in [6.07, 6.45) is 0.117. The van der Waals surface area contributed by atoms with Crippen LogP contribution in [0.1, 0.15) is 13.8 Å². The number of aromatic nitrogens is 1. The maximum Gasteiger partial charge on any atom is 0.145 e. The Balaban J connectivity index is 2.45.